The third-order valence-corrected chi connectivity index (χ3v) is 4.56. The molecule has 0 bridgehead atoms. The first-order chi connectivity index (χ1) is 12.0. The predicted octanol–water partition coefficient (Wildman–Crippen LogP) is 4.00. The van der Waals surface area contributed by atoms with E-state index in [1.807, 2.05) is 32.0 Å². The third-order valence-electron chi connectivity index (χ3n) is 4.22. The first-order valence-corrected chi connectivity index (χ1v) is 8.76. The van der Waals surface area contributed by atoms with E-state index in [2.05, 4.69) is 20.2 Å². The molecule has 1 aromatic carbocycles. The highest BCUT2D eigenvalue weighted by molar-refractivity contribution is 6.32. The second-order valence-electron chi connectivity index (χ2n) is 6.11. The number of benzene rings is 1. The summed E-state index contributed by atoms with van der Waals surface area (Å²) in [5.74, 6) is 0.515. The van der Waals surface area contributed by atoms with E-state index in [0.29, 0.717) is 10.7 Å². The molecule has 130 valence electrons. The summed E-state index contributed by atoms with van der Waals surface area (Å²) in [5, 5.41) is 3.48. The minimum atomic E-state index is -0.233. The lowest BCUT2D eigenvalue weighted by Gasteiger charge is -2.18. The fourth-order valence-corrected chi connectivity index (χ4v) is 3.08. The van der Waals surface area contributed by atoms with Gasteiger partial charge >= 0.3 is 0 Å². The molecule has 1 saturated heterocycles. The summed E-state index contributed by atoms with van der Waals surface area (Å²) in [6, 6.07) is 7.38. The van der Waals surface area contributed by atoms with Crippen molar-refractivity contribution in [2.24, 2.45) is 0 Å². The van der Waals surface area contributed by atoms with Crippen molar-refractivity contribution in [3.05, 3.63) is 52.3 Å². The van der Waals surface area contributed by atoms with Crippen LogP contribution in [0.1, 0.15) is 29.8 Å². The van der Waals surface area contributed by atoms with Gasteiger partial charge in [-0.25, -0.2) is 9.97 Å². The lowest BCUT2D eigenvalue weighted by molar-refractivity contribution is -0.111. The SMILES string of the molecule is Cc1nc(N2CCCC2)nc(C)c1NC(=O)/C=C/c1ccccc1Cl. The number of nitrogens with zero attached hydrogens (tertiary/aromatic N) is 3. The highest BCUT2D eigenvalue weighted by atomic mass is 35.5. The number of halogens is 1. The average molecular weight is 357 g/mol. The lowest BCUT2D eigenvalue weighted by atomic mass is 10.2. The van der Waals surface area contributed by atoms with Crippen LogP contribution in [-0.4, -0.2) is 29.0 Å². The Bertz CT molecular complexity index is 790. The Labute approximate surface area is 152 Å². The molecule has 1 fully saturated rings. The number of aromatic nitrogens is 2. The highest BCUT2D eigenvalue weighted by Crippen LogP contribution is 2.23. The first-order valence-electron chi connectivity index (χ1n) is 8.38. The number of anilines is 2. The van der Waals surface area contributed by atoms with Crippen molar-refractivity contribution in [1.29, 1.82) is 0 Å². The van der Waals surface area contributed by atoms with Crippen LogP contribution in [0, 0.1) is 13.8 Å². The Kier molecular flexibility index (Phi) is 5.34. The van der Waals surface area contributed by atoms with Crippen LogP contribution in [0.5, 0.6) is 0 Å². The van der Waals surface area contributed by atoms with Gasteiger partial charge in [0, 0.05) is 24.2 Å². The molecule has 1 aromatic heterocycles. The standard InChI is InChI=1S/C19H21ClN4O/c1-13-18(14(2)22-19(21-13)24-11-5-6-12-24)23-17(25)10-9-15-7-3-4-8-16(15)20/h3-4,7-10H,5-6,11-12H2,1-2H3,(H,23,25)/b10-9+. The number of hydrogen-bond donors (Lipinski definition) is 1. The monoisotopic (exact) mass is 356 g/mol. The summed E-state index contributed by atoms with van der Waals surface area (Å²) < 4.78 is 0. The van der Waals surface area contributed by atoms with Gasteiger partial charge in [0.1, 0.15) is 0 Å². The number of rotatable bonds is 4. The van der Waals surface area contributed by atoms with Gasteiger partial charge in [0.25, 0.3) is 0 Å². The minimum absolute atomic E-state index is 0.233. The summed E-state index contributed by atoms with van der Waals surface area (Å²) in [7, 11) is 0. The van der Waals surface area contributed by atoms with Crippen molar-refractivity contribution in [3.8, 4) is 0 Å². The summed E-state index contributed by atoms with van der Waals surface area (Å²) in [5.41, 5.74) is 3.01. The van der Waals surface area contributed by atoms with Crippen LogP contribution in [0.15, 0.2) is 30.3 Å². The number of aryl methyl sites for hydroxylation is 2. The van der Waals surface area contributed by atoms with Crippen molar-refractivity contribution in [1.82, 2.24) is 9.97 Å². The van der Waals surface area contributed by atoms with Gasteiger partial charge in [-0.1, -0.05) is 29.8 Å². The van der Waals surface area contributed by atoms with Gasteiger partial charge in [0.2, 0.25) is 11.9 Å². The molecule has 0 unspecified atom stereocenters. The molecule has 6 heteroatoms. The molecule has 0 aliphatic carbocycles. The number of hydrogen-bond acceptors (Lipinski definition) is 4. The van der Waals surface area contributed by atoms with Gasteiger partial charge in [-0.2, -0.15) is 0 Å². The molecule has 0 spiro atoms. The largest absolute Gasteiger partial charge is 0.341 e. The summed E-state index contributed by atoms with van der Waals surface area (Å²) in [6.45, 7) is 5.76. The van der Waals surface area contributed by atoms with Crippen LogP contribution in [-0.2, 0) is 4.79 Å². The molecule has 2 aromatic rings. The Hall–Kier alpha value is -2.40. The minimum Gasteiger partial charge on any atom is -0.341 e. The first kappa shape index (κ1) is 17.4. The van der Waals surface area contributed by atoms with Crippen molar-refractivity contribution in [2.45, 2.75) is 26.7 Å². The molecule has 2 heterocycles. The van der Waals surface area contributed by atoms with E-state index in [-0.39, 0.29) is 5.91 Å². The molecule has 1 aliphatic rings. The van der Waals surface area contributed by atoms with Crippen molar-refractivity contribution in [3.63, 3.8) is 0 Å². The van der Waals surface area contributed by atoms with E-state index < -0.39 is 0 Å². The molecular weight excluding hydrogens is 336 g/mol. The van der Waals surface area contributed by atoms with E-state index in [1.54, 1.807) is 12.1 Å². The van der Waals surface area contributed by atoms with E-state index in [9.17, 15) is 4.79 Å². The zero-order valence-corrected chi connectivity index (χ0v) is 15.2. The molecular formula is C19H21ClN4O. The second kappa shape index (κ2) is 7.66. The van der Waals surface area contributed by atoms with Gasteiger partial charge in [-0.05, 0) is 44.4 Å². The second-order valence-corrected chi connectivity index (χ2v) is 6.51. The molecule has 1 aliphatic heterocycles. The number of carbonyl (C=O) groups excluding carboxylic acids is 1. The Morgan fingerprint density at radius 3 is 2.44 bits per heavy atom. The average Bonchev–Trinajstić information content (AvgIpc) is 3.12. The maximum absolute atomic E-state index is 12.2. The summed E-state index contributed by atoms with van der Waals surface area (Å²) >= 11 is 6.09. The number of amides is 1. The molecule has 0 radical (unpaired) electrons. The van der Waals surface area contributed by atoms with Gasteiger partial charge in [-0.3, -0.25) is 4.79 Å². The van der Waals surface area contributed by atoms with E-state index in [4.69, 9.17) is 11.6 Å². The molecule has 0 atom stereocenters. The molecule has 1 amide bonds. The molecule has 1 N–H and O–H groups in total. The Morgan fingerprint density at radius 2 is 1.80 bits per heavy atom. The van der Waals surface area contributed by atoms with Crippen LogP contribution in [0.3, 0.4) is 0 Å². The van der Waals surface area contributed by atoms with Gasteiger partial charge in [0.15, 0.2) is 0 Å². The van der Waals surface area contributed by atoms with Crippen LogP contribution < -0.4 is 10.2 Å². The number of carbonyl (C=O) groups is 1. The summed E-state index contributed by atoms with van der Waals surface area (Å²) in [6.07, 6.45) is 5.51. The third kappa shape index (κ3) is 4.17. The normalized spacial score (nSPS) is 14.3. The smallest absolute Gasteiger partial charge is 0.248 e. The van der Waals surface area contributed by atoms with Gasteiger partial charge in [-0.15, -0.1) is 0 Å². The van der Waals surface area contributed by atoms with E-state index in [1.165, 1.54) is 18.9 Å². The summed E-state index contributed by atoms with van der Waals surface area (Å²) in [4.78, 5) is 23.5. The fourth-order valence-electron chi connectivity index (χ4n) is 2.88. The maximum Gasteiger partial charge on any atom is 0.248 e. The predicted molar refractivity (Wildman–Crippen MR) is 102 cm³/mol. The lowest BCUT2D eigenvalue weighted by Crippen LogP contribution is -2.22. The molecule has 3 rings (SSSR count). The van der Waals surface area contributed by atoms with Crippen molar-refractivity contribution >= 4 is 35.2 Å². The molecule has 5 nitrogen and oxygen atoms in total. The zero-order valence-electron chi connectivity index (χ0n) is 14.4. The van der Waals surface area contributed by atoms with Gasteiger partial charge in [0.05, 0.1) is 17.1 Å². The fraction of sp³-hybridized carbons (Fsp3) is 0.316. The van der Waals surface area contributed by atoms with Crippen LogP contribution in [0.2, 0.25) is 5.02 Å². The highest BCUT2D eigenvalue weighted by Gasteiger charge is 2.18. The van der Waals surface area contributed by atoms with Crippen molar-refractivity contribution in [2.75, 3.05) is 23.3 Å². The van der Waals surface area contributed by atoms with Crippen LogP contribution >= 0.6 is 11.6 Å². The Morgan fingerprint density at radius 1 is 1.16 bits per heavy atom. The molecule has 0 saturated carbocycles. The maximum atomic E-state index is 12.2. The Balaban J connectivity index is 1.74. The van der Waals surface area contributed by atoms with E-state index >= 15 is 0 Å². The quantitative estimate of drug-likeness (QED) is 0.841. The van der Waals surface area contributed by atoms with E-state index in [0.717, 1.165) is 36.0 Å². The zero-order chi connectivity index (χ0) is 17.8. The van der Waals surface area contributed by atoms with Gasteiger partial charge < -0.3 is 10.2 Å². The molecule has 25 heavy (non-hydrogen) atoms. The van der Waals surface area contributed by atoms with Crippen molar-refractivity contribution < 1.29 is 4.79 Å². The van der Waals surface area contributed by atoms with Crippen LogP contribution in [0.4, 0.5) is 11.6 Å². The van der Waals surface area contributed by atoms with Crippen LogP contribution in [0.25, 0.3) is 6.08 Å². The topological polar surface area (TPSA) is 58.1 Å². The number of nitrogens with one attached hydrogen (secondary N) is 1.